The second-order valence-electron chi connectivity index (χ2n) is 4.49. The van der Waals surface area contributed by atoms with E-state index in [2.05, 4.69) is 0 Å². The molecule has 1 aromatic rings. The van der Waals surface area contributed by atoms with E-state index in [9.17, 15) is 9.18 Å². The first-order chi connectivity index (χ1) is 8.63. The van der Waals surface area contributed by atoms with Crippen LogP contribution in [0.15, 0.2) is 18.2 Å². The van der Waals surface area contributed by atoms with Crippen LogP contribution in [-0.4, -0.2) is 12.6 Å². The van der Waals surface area contributed by atoms with Gasteiger partial charge in [-0.25, -0.2) is 9.18 Å². The largest absolute Gasteiger partial charge is 0.463 e. The van der Waals surface area contributed by atoms with E-state index in [0.29, 0.717) is 6.61 Å². The fourth-order valence-corrected chi connectivity index (χ4v) is 2.48. The van der Waals surface area contributed by atoms with Crippen molar-refractivity contribution >= 4 is 11.5 Å². The van der Waals surface area contributed by atoms with Gasteiger partial charge in [-0.05, 0) is 61.4 Å². The summed E-state index contributed by atoms with van der Waals surface area (Å²) in [4.78, 5) is 11.5. The molecular formula is C15H17FO2. The number of esters is 1. The summed E-state index contributed by atoms with van der Waals surface area (Å²) in [5.41, 5.74) is 3.54. The van der Waals surface area contributed by atoms with Crippen LogP contribution >= 0.6 is 0 Å². The average molecular weight is 248 g/mol. The van der Waals surface area contributed by atoms with Gasteiger partial charge in [-0.15, -0.1) is 0 Å². The number of allylic oxidation sites excluding steroid dienone is 1. The number of rotatable bonds is 2. The summed E-state index contributed by atoms with van der Waals surface area (Å²) in [5.74, 6) is -0.519. The lowest BCUT2D eigenvalue weighted by Gasteiger charge is -2.21. The Hall–Kier alpha value is -1.64. The second-order valence-corrected chi connectivity index (χ2v) is 4.49. The molecule has 2 nitrogen and oxygen atoms in total. The maximum Gasteiger partial charge on any atom is 0.331 e. The number of hydrogen-bond acceptors (Lipinski definition) is 2. The standard InChI is InChI=1S/C15H17FO2/c1-3-18-14(17)9-11-5-4-6-12-13(16)8-7-10(2)15(11)12/h7-9H,3-6H2,1-2H3/b11-9+. The molecule has 1 aliphatic carbocycles. The fourth-order valence-electron chi connectivity index (χ4n) is 2.48. The summed E-state index contributed by atoms with van der Waals surface area (Å²) in [6.45, 7) is 4.08. The highest BCUT2D eigenvalue weighted by atomic mass is 19.1. The van der Waals surface area contributed by atoms with Gasteiger partial charge in [-0.3, -0.25) is 0 Å². The van der Waals surface area contributed by atoms with E-state index < -0.39 is 0 Å². The zero-order chi connectivity index (χ0) is 13.1. The second kappa shape index (κ2) is 5.34. The van der Waals surface area contributed by atoms with E-state index in [0.717, 1.165) is 41.5 Å². The Morgan fingerprint density at radius 1 is 1.44 bits per heavy atom. The molecule has 0 bridgehead atoms. The summed E-state index contributed by atoms with van der Waals surface area (Å²) < 4.78 is 18.7. The van der Waals surface area contributed by atoms with Crippen molar-refractivity contribution in [2.45, 2.75) is 33.1 Å². The van der Waals surface area contributed by atoms with Crippen molar-refractivity contribution in [1.29, 1.82) is 0 Å². The van der Waals surface area contributed by atoms with Gasteiger partial charge in [0.15, 0.2) is 0 Å². The minimum atomic E-state index is -0.344. The zero-order valence-corrected chi connectivity index (χ0v) is 10.8. The number of hydrogen-bond donors (Lipinski definition) is 0. The molecule has 96 valence electrons. The van der Waals surface area contributed by atoms with Gasteiger partial charge >= 0.3 is 5.97 Å². The van der Waals surface area contributed by atoms with Crippen molar-refractivity contribution in [3.8, 4) is 0 Å². The average Bonchev–Trinajstić information content (AvgIpc) is 2.34. The van der Waals surface area contributed by atoms with Gasteiger partial charge in [0.25, 0.3) is 0 Å². The number of fused-ring (bicyclic) bond motifs is 1. The Bertz CT molecular complexity index is 503. The molecule has 1 aliphatic rings. The van der Waals surface area contributed by atoms with E-state index in [1.807, 2.05) is 6.92 Å². The molecule has 0 spiro atoms. The molecule has 0 N–H and O–H groups in total. The van der Waals surface area contributed by atoms with Crippen LogP contribution in [0.1, 0.15) is 36.5 Å². The minimum Gasteiger partial charge on any atom is -0.463 e. The minimum absolute atomic E-state index is 0.176. The van der Waals surface area contributed by atoms with E-state index in [-0.39, 0.29) is 11.8 Å². The highest BCUT2D eigenvalue weighted by molar-refractivity contribution is 5.92. The summed E-state index contributed by atoms with van der Waals surface area (Å²) in [7, 11) is 0. The molecule has 18 heavy (non-hydrogen) atoms. The van der Waals surface area contributed by atoms with Crippen molar-refractivity contribution in [3.63, 3.8) is 0 Å². The molecule has 0 fully saturated rings. The third kappa shape index (κ3) is 2.45. The van der Waals surface area contributed by atoms with Gasteiger partial charge in [0.05, 0.1) is 6.61 Å². The monoisotopic (exact) mass is 248 g/mol. The quantitative estimate of drug-likeness (QED) is 0.592. The molecule has 0 heterocycles. The van der Waals surface area contributed by atoms with Crippen molar-refractivity contribution in [1.82, 2.24) is 0 Å². The topological polar surface area (TPSA) is 26.3 Å². The van der Waals surface area contributed by atoms with Gasteiger partial charge in [-0.2, -0.15) is 0 Å². The maximum absolute atomic E-state index is 13.8. The Kier molecular flexibility index (Phi) is 3.80. The number of carbonyl (C=O) groups is 1. The van der Waals surface area contributed by atoms with Gasteiger partial charge < -0.3 is 4.74 Å². The maximum atomic E-state index is 13.8. The van der Waals surface area contributed by atoms with Crippen LogP contribution < -0.4 is 0 Å². The zero-order valence-electron chi connectivity index (χ0n) is 10.8. The Labute approximate surface area is 106 Å². The molecule has 3 heteroatoms. The highest BCUT2D eigenvalue weighted by Gasteiger charge is 2.20. The van der Waals surface area contributed by atoms with Crippen LogP contribution in [0.2, 0.25) is 0 Å². The highest BCUT2D eigenvalue weighted by Crippen LogP contribution is 2.34. The first-order valence-corrected chi connectivity index (χ1v) is 6.29. The summed E-state index contributed by atoms with van der Waals surface area (Å²) in [5, 5.41) is 0. The molecule has 0 aromatic heterocycles. The van der Waals surface area contributed by atoms with Crippen molar-refractivity contribution in [2.24, 2.45) is 0 Å². The fraction of sp³-hybridized carbons (Fsp3) is 0.400. The first-order valence-electron chi connectivity index (χ1n) is 6.29. The summed E-state index contributed by atoms with van der Waals surface area (Å²) >= 11 is 0. The summed E-state index contributed by atoms with van der Waals surface area (Å²) in [6.07, 6.45) is 3.92. The van der Waals surface area contributed by atoms with Crippen LogP contribution in [0.25, 0.3) is 5.57 Å². The lowest BCUT2D eigenvalue weighted by atomic mass is 9.84. The SMILES string of the molecule is CCOC(=O)/C=C1\CCCc2c(F)ccc(C)c21. The Morgan fingerprint density at radius 2 is 2.22 bits per heavy atom. The lowest BCUT2D eigenvalue weighted by Crippen LogP contribution is -2.09. The third-order valence-electron chi connectivity index (χ3n) is 3.24. The molecule has 0 unspecified atom stereocenters. The number of ether oxygens (including phenoxy) is 1. The molecule has 0 saturated carbocycles. The van der Waals surface area contributed by atoms with Gasteiger partial charge in [0.2, 0.25) is 0 Å². The number of aryl methyl sites for hydroxylation is 1. The van der Waals surface area contributed by atoms with Gasteiger partial charge in [0, 0.05) is 6.08 Å². The van der Waals surface area contributed by atoms with E-state index in [1.54, 1.807) is 13.0 Å². The van der Waals surface area contributed by atoms with E-state index in [1.165, 1.54) is 12.1 Å². The molecule has 0 saturated heterocycles. The van der Waals surface area contributed by atoms with Gasteiger partial charge in [0.1, 0.15) is 5.82 Å². The summed E-state index contributed by atoms with van der Waals surface area (Å²) in [6, 6.07) is 3.26. The van der Waals surface area contributed by atoms with Crippen LogP contribution in [0.3, 0.4) is 0 Å². The number of carbonyl (C=O) groups excluding carboxylic acids is 1. The van der Waals surface area contributed by atoms with Crippen molar-refractivity contribution < 1.29 is 13.9 Å². The molecule has 0 atom stereocenters. The van der Waals surface area contributed by atoms with E-state index in [4.69, 9.17) is 4.74 Å². The Morgan fingerprint density at radius 3 is 2.94 bits per heavy atom. The smallest absolute Gasteiger partial charge is 0.331 e. The van der Waals surface area contributed by atoms with E-state index >= 15 is 0 Å². The van der Waals surface area contributed by atoms with Crippen LogP contribution in [0, 0.1) is 12.7 Å². The first kappa shape index (κ1) is 12.8. The predicted molar refractivity (Wildman–Crippen MR) is 68.7 cm³/mol. The molecule has 0 amide bonds. The number of halogens is 1. The van der Waals surface area contributed by atoms with Crippen LogP contribution in [-0.2, 0) is 16.0 Å². The third-order valence-corrected chi connectivity index (χ3v) is 3.24. The van der Waals surface area contributed by atoms with Gasteiger partial charge in [-0.1, -0.05) is 6.07 Å². The van der Waals surface area contributed by atoms with Crippen LogP contribution in [0.5, 0.6) is 0 Å². The normalized spacial score (nSPS) is 16.5. The molecule has 0 aliphatic heterocycles. The Balaban J connectivity index is 2.45. The molecule has 0 radical (unpaired) electrons. The lowest BCUT2D eigenvalue weighted by molar-refractivity contribution is -0.137. The van der Waals surface area contributed by atoms with Crippen molar-refractivity contribution in [3.05, 3.63) is 40.7 Å². The molecule has 2 rings (SSSR count). The van der Waals surface area contributed by atoms with Crippen molar-refractivity contribution in [2.75, 3.05) is 6.61 Å². The van der Waals surface area contributed by atoms with Crippen LogP contribution in [0.4, 0.5) is 4.39 Å². The predicted octanol–water partition coefficient (Wildman–Crippen LogP) is 3.42. The number of benzene rings is 1. The molecule has 1 aromatic carbocycles. The molecular weight excluding hydrogens is 231 g/mol.